The third-order valence-corrected chi connectivity index (χ3v) is 7.15. The van der Waals surface area contributed by atoms with E-state index in [1.807, 2.05) is 0 Å². The van der Waals surface area contributed by atoms with E-state index in [2.05, 4.69) is 13.5 Å². The molecule has 0 spiro atoms. The van der Waals surface area contributed by atoms with Gasteiger partial charge in [0.1, 0.15) is 0 Å². The van der Waals surface area contributed by atoms with Gasteiger partial charge >= 0.3 is 0 Å². The molecule has 2 fully saturated rings. The van der Waals surface area contributed by atoms with Crippen LogP contribution in [0.3, 0.4) is 0 Å². The number of hydrogen-bond acceptors (Lipinski definition) is 4. The van der Waals surface area contributed by atoms with E-state index in [-0.39, 0.29) is 30.0 Å². The van der Waals surface area contributed by atoms with Crippen molar-refractivity contribution >= 4 is 0 Å². The molecule has 4 heteroatoms. The summed E-state index contributed by atoms with van der Waals surface area (Å²) >= 11 is 0. The van der Waals surface area contributed by atoms with Crippen molar-refractivity contribution in [1.82, 2.24) is 0 Å². The fourth-order valence-electron chi connectivity index (χ4n) is 5.56. The Bertz CT molecular complexity index is 455. The van der Waals surface area contributed by atoms with Crippen LogP contribution < -0.4 is 0 Å². The van der Waals surface area contributed by atoms with Crippen LogP contribution in [0.4, 0.5) is 0 Å². The molecule has 2 aliphatic rings. The van der Waals surface area contributed by atoms with Gasteiger partial charge in [-0.25, -0.2) is 0 Å². The molecule has 2 saturated carbocycles. The van der Waals surface area contributed by atoms with Crippen LogP contribution in [0, 0.1) is 22.7 Å². The van der Waals surface area contributed by atoms with Crippen molar-refractivity contribution in [3.05, 3.63) is 12.2 Å². The third-order valence-electron chi connectivity index (χ3n) is 7.15. The second kappa shape index (κ2) is 7.06. The van der Waals surface area contributed by atoms with Gasteiger partial charge in [0.15, 0.2) is 0 Å². The van der Waals surface area contributed by atoms with Gasteiger partial charge in [0.2, 0.25) is 0 Å². The van der Waals surface area contributed by atoms with Gasteiger partial charge in [-0.2, -0.15) is 0 Å². The molecule has 2 rings (SSSR count). The summed E-state index contributed by atoms with van der Waals surface area (Å²) in [5, 5.41) is 40.5. The number of hydrogen-bond donors (Lipinski definition) is 4. The van der Waals surface area contributed by atoms with Gasteiger partial charge in [0, 0.05) is 17.9 Å². The summed E-state index contributed by atoms with van der Waals surface area (Å²) in [6.45, 7) is 9.86. The topological polar surface area (TPSA) is 80.9 Å². The lowest BCUT2D eigenvalue weighted by Crippen LogP contribution is -2.55. The molecule has 4 nitrogen and oxygen atoms in total. The molecule has 140 valence electrons. The molecule has 0 unspecified atom stereocenters. The highest BCUT2D eigenvalue weighted by Gasteiger charge is 2.56. The zero-order chi connectivity index (χ0) is 18.2. The van der Waals surface area contributed by atoms with Crippen molar-refractivity contribution in [2.24, 2.45) is 22.7 Å². The SMILES string of the molecule is C=C1CC[C@H]2[C@](C)(CC[C@H](O)C(C)(C)O)CCC[C@]2(CO)[C@H]1CO. The molecule has 0 aromatic carbocycles. The van der Waals surface area contributed by atoms with Crippen LogP contribution in [0.5, 0.6) is 0 Å². The molecule has 0 radical (unpaired) electrons. The van der Waals surface area contributed by atoms with Crippen molar-refractivity contribution in [1.29, 1.82) is 0 Å². The second-order valence-electron chi connectivity index (χ2n) is 9.09. The first-order chi connectivity index (χ1) is 11.1. The molecule has 2 aliphatic carbocycles. The average Bonchev–Trinajstić information content (AvgIpc) is 2.51. The monoisotopic (exact) mass is 340 g/mol. The summed E-state index contributed by atoms with van der Waals surface area (Å²) in [7, 11) is 0. The maximum atomic E-state index is 10.3. The minimum Gasteiger partial charge on any atom is -0.396 e. The standard InChI is InChI=1S/C20H36O4/c1-14-6-7-16-19(4,11-8-17(23)18(2,3)24)9-5-10-20(16,13-22)15(14)12-21/h15-17,21-24H,1,5-13H2,2-4H3/t15-,16-,17-,19-,20-/m0/s1. The fourth-order valence-corrected chi connectivity index (χ4v) is 5.56. The highest BCUT2D eigenvalue weighted by molar-refractivity contribution is 5.17. The van der Waals surface area contributed by atoms with Crippen LogP contribution in [0.25, 0.3) is 0 Å². The van der Waals surface area contributed by atoms with Crippen molar-refractivity contribution in [3.63, 3.8) is 0 Å². The van der Waals surface area contributed by atoms with E-state index >= 15 is 0 Å². The van der Waals surface area contributed by atoms with Crippen molar-refractivity contribution in [2.75, 3.05) is 13.2 Å². The highest BCUT2D eigenvalue weighted by Crippen LogP contribution is 2.62. The second-order valence-corrected chi connectivity index (χ2v) is 9.09. The summed E-state index contributed by atoms with van der Waals surface area (Å²) in [6, 6.07) is 0. The first-order valence-electron chi connectivity index (χ1n) is 9.40. The summed E-state index contributed by atoms with van der Waals surface area (Å²) in [5.74, 6) is 0.292. The quantitative estimate of drug-likeness (QED) is 0.560. The van der Waals surface area contributed by atoms with Gasteiger partial charge in [0.25, 0.3) is 0 Å². The Kier molecular flexibility index (Phi) is 5.86. The first kappa shape index (κ1) is 19.9. The molecule has 4 N–H and O–H groups in total. The van der Waals surface area contributed by atoms with Crippen LogP contribution in [0.15, 0.2) is 12.2 Å². The van der Waals surface area contributed by atoms with Crippen molar-refractivity contribution < 1.29 is 20.4 Å². The normalized spacial score (nSPS) is 38.7. The van der Waals surface area contributed by atoms with E-state index in [0.29, 0.717) is 12.3 Å². The lowest BCUT2D eigenvalue weighted by atomic mass is 9.46. The molecule has 0 amide bonds. The summed E-state index contributed by atoms with van der Waals surface area (Å²) in [6.07, 6.45) is 5.57. The van der Waals surface area contributed by atoms with Gasteiger partial charge in [0.05, 0.1) is 18.3 Å². The van der Waals surface area contributed by atoms with E-state index in [9.17, 15) is 20.4 Å². The Balaban J connectivity index is 2.24. The fraction of sp³-hybridized carbons (Fsp3) is 0.900. The number of aliphatic hydroxyl groups is 4. The van der Waals surface area contributed by atoms with Gasteiger partial charge in [-0.3, -0.25) is 0 Å². The Morgan fingerprint density at radius 1 is 1.29 bits per heavy atom. The van der Waals surface area contributed by atoms with Crippen LogP contribution in [0.1, 0.15) is 65.7 Å². The third kappa shape index (κ3) is 3.44. The molecule has 0 aliphatic heterocycles. The predicted molar refractivity (Wildman–Crippen MR) is 95.5 cm³/mol. The molecule has 5 atom stereocenters. The smallest absolute Gasteiger partial charge is 0.0849 e. The van der Waals surface area contributed by atoms with E-state index in [1.54, 1.807) is 13.8 Å². The minimum atomic E-state index is -1.09. The van der Waals surface area contributed by atoms with Gasteiger partial charge < -0.3 is 20.4 Å². The van der Waals surface area contributed by atoms with Crippen molar-refractivity contribution in [3.8, 4) is 0 Å². The summed E-state index contributed by atoms with van der Waals surface area (Å²) in [4.78, 5) is 0. The van der Waals surface area contributed by atoms with Gasteiger partial charge in [-0.1, -0.05) is 25.5 Å². The molecule has 0 saturated heterocycles. The average molecular weight is 341 g/mol. The minimum absolute atomic E-state index is 0.0152. The Morgan fingerprint density at radius 3 is 2.50 bits per heavy atom. The number of aliphatic hydroxyl groups excluding tert-OH is 3. The van der Waals surface area contributed by atoms with E-state index in [1.165, 1.54) is 0 Å². The highest BCUT2D eigenvalue weighted by atomic mass is 16.3. The molecule has 24 heavy (non-hydrogen) atoms. The summed E-state index contributed by atoms with van der Waals surface area (Å²) in [5.41, 5.74) is -0.283. The molecular formula is C20H36O4. The number of rotatable bonds is 6. The van der Waals surface area contributed by atoms with Gasteiger partial charge in [-0.15, -0.1) is 0 Å². The summed E-state index contributed by atoms with van der Waals surface area (Å²) < 4.78 is 0. The van der Waals surface area contributed by atoms with E-state index in [0.717, 1.165) is 44.1 Å². The van der Waals surface area contributed by atoms with Crippen LogP contribution in [-0.4, -0.2) is 45.3 Å². The van der Waals surface area contributed by atoms with Crippen LogP contribution >= 0.6 is 0 Å². The van der Waals surface area contributed by atoms with Crippen LogP contribution in [0.2, 0.25) is 0 Å². The lowest BCUT2D eigenvalue weighted by molar-refractivity contribution is -0.123. The molecule has 0 heterocycles. The lowest BCUT2D eigenvalue weighted by Gasteiger charge is -2.59. The Morgan fingerprint density at radius 2 is 1.96 bits per heavy atom. The maximum absolute atomic E-state index is 10.3. The van der Waals surface area contributed by atoms with E-state index < -0.39 is 11.7 Å². The van der Waals surface area contributed by atoms with Gasteiger partial charge in [-0.05, 0) is 63.7 Å². The molecule has 0 bridgehead atoms. The van der Waals surface area contributed by atoms with E-state index in [4.69, 9.17) is 0 Å². The first-order valence-corrected chi connectivity index (χ1v) is 9.40. The molecule has 0 aromatic heterocycles. The largest absolute Gasteiger partial charge is 0.396 e. The predicted octanol–water partition coefficient (Wildman–Crippen LogP) is 2.64. The molecule has 0 aromatic rings. The molecular weight excluding hydrogens is 304 g/mol. The Labute approximate surface area is 146 Å². The zero-order valence-electron chi connectivity index (χ0n) is 15.6. The zero-order valence-corrected chi connectivity index (χ0v) is 15.6. The van der Waals surface area contributed by atoms with Crippen LogP contribution in [-0.2, 0) is 0 Å². The Hall–Kier alpha value is -0.420. The van der Waals surface area contributed by atoms with Crippen molar-refractivity contribution in [2.45, 2.75) is 77.4 Å². The number of fused-ring (bicyclic) bond motifs is 1. The maximum Gasteiger partial charge on any atom is 0.0849 e.